The minimum atomic E-state index is -0.175. The molecule has 0 aliphatic carbocycles. The number of piperidine rings is 1. The van der Waals surface area contributed by atoms with Gasteiger partial charge in [-0.3, -0.25) is 4.90 Å². The highest BCUT2D eigenvalue weighted by Crippen LogP contribution is 2.22. The maximum atomic E-state index is 10.4. The Morgan fingerprint density at radius 2 is 1.82 bits per heavy atom. The van der Waals surface area contributed by atoms with Crippen LogP contribution in [0.4, 0.5) is 0 Å². The molecule has 2 N–H and O–H groups in total. The standard InChI is InChI=1S/C18H29N3O/c1-19-17-7-9-20(10-8-17)12-16-13-21(14-18(16)22)11-15-5-3-2-4-6-15/h2-6,16-19,22H,7-14H2,1H3. The fourth-order valence-electron chi connectivity index (χ4n) is 3.83. The summed E-state index contributed by atoms with van der Waals surface area (Å²) in [4.78, 5) is 4.93. The molecule has 0 amide bonds. The first-order chi connectivity index (χ1) is 10.7. The molecule has 0 aromatic heterocycles. The van der Waals surface area contributed by atoms with Gasteiger partial charge in [0, 0.05) is 38.1 Å². The van der Waals surface area contributed by atoms with Crippen molar-refractivity contribution in [2.24, 2.45) is 5.92 Å². The molecule has 2 unspecified atom stereocenters. The summed E-state index contributed by atoms with van der Waals surface area (Å²) in [5.41, 5.74) is 1.34. The number of aliphatic hydroxyl groups excluding tert-OH is 1. The first kappa shape index (κ1) is 15.9. The molecule has 2 atom stereocenters. The monoisotopic (exact) mass is 303 g/mol. The first-order valence-electron chi connectivity index (χ1n) is 8.58. The van der Waals surface area contributed by atoms with Crippen LogP contribution in [0, 0.1) is 5.92 Å². The van der Waals surface area contributed by atoms with Crippen molar-refractivity contribution in [3.63, 3.8) is 0 Å². The molecule has 0 spiro atoms. The number of benzene rings is 1. The van der Waals surface area contributed by atoms with Gasteiger partial charge in [0.2, 0.25) is 0 Å². The maximum absolute atomic E-state index is 10.4. The molecule has 0 saturated carbocycles. The highest BCUT2D eigenvalue weighted by Gasteiger charge is 2.33. The lowest BCUT2D eigenvalue weighted by atomic mass is 10.0. The van der Waals surface area contributed by atoms with Crippen LogP contribution in [-0.2, 0) is 6.54 Å². The molecule has 22 heavy (non-hydrogen) atoms. The Morgan fingerprint density at radius 1 is 1.09 bits per heavy atom. The van der Waals surface area contributed by atoms with Crippen LogP contribution in [-0.4, -0.2) is 66.8 Å². The van der Waals surface area contributed by atoms with Crippen LogP contribution >= 0.6 is 0 Å². The van der Waals surface area contributed by atoms with E-state index in [4.69, 9.17) is 0 Å². The van der Waals surface area contributed by atoms with Gasteiger partial charge in [0.1, 0.15) is 0 Å². The van der Waals surface area contributed by atoms with Crippen LogP contribution in [0.3, 0.4) is 0 Å². The summed E-state index contributed by atoms with van der Waals surface area (Å²) in [7, 11) is 2.06. The smallest absolute Gasteiger partial charge is 0.0719 e. The minimum Gasteiger partial charge on any atom is -0.391 e. The van der Waals surface area contributed by atoms with E-state index in [1.807, 2.05) is 0 Å². The Hall–Kier alpha value is -0.940. The molecule has 1 aromatic carbocycles. The van der Waals surface area contributed by atoms with Gasteiger partial charge in [-0.05, 0) is 38.5 Å². The zero-order valence-electron chi connectivity index (χ0n) is 13.6. The summed E-state index contributed by atoms with van der Waals surface area (Å²) in [6.07, 6.45) is 2.28. The summed E-state index contributed by atoms with van der Waals surface area (Å²) in [6.45, 7) is 6.15. The molecule has 2 aliphatic heterocycles. The van der Waals surface area contributed by atoms with E-state index in [0.29, 0.717) is 12.0 Å². The van der Waals surface area contributed by atoms with E-state index >= 15 is 0 Å². The molecule has 2 saturated heterocycles. The van der Waals surface area contributed by atoms with Crippen molar-refractivity contribution in [2.45, 2.75) is 31.5 Å². The number of hydrogen-bond donors (Lipinski definition) is 2. The Morgan fingerprint density at radius 3 is 2.50 bits per heavy atom. The second-order valence-electron chi connectivity index (χ2n) is 6.87. The van der Waals surface area contributed by atoms with Crippen molar-refractivity contribution in [2.75, 3.05) is 39.8 Å². The SMILES string of the molecule is CNC1CCN(CC2CN(Cc3ccccc3)CC2O)CC1. The fourth-order valence-corrected chi connectivity index (χ4v) is 3.83. The van der Waals surface area contributed by atoms with Crippen LogP contribution in [0.1, 0.15) is 18.4 Å². The second-order valence-corrected chi connectivity index (χ2v) is 6.87. The van der Waals surface area contributed by atoms with E-state index in [0.717, 1.165) is 39.3 Å². The third-order valence-corrected chi connectivity index (χ3v) is 5.22. The zero-order chi connectivity index (χ0) is 15.4. The number of likely N-dealkylation sites (tertiary alicyclic amines) is 2. The maximum Gasteiger partial charge on any atom is 0.0719 e. The number of hydrogen-bond acceptors (Lipinski definition) is 4. The highest BCUT2D eigenvalue weighted by atomic mass is 16.3. The molecule has 122 valence electrons. The van der Waals surface area contributed by atoms with Crippen LogP contribution in [0.15, 0.2) is 30.3 Å². The summed E-state index contributed by atoms with van der Waals surface area (Å²) >= 11 is 0. The van der Waals surface area contributed by atoms with Crippen molar-refractivity contribution in [1.29, 1.82) is 0 Å². The predicted molar refractivity (Wildman–Crippen MR) is 89.7 cm³/mol. The summed E-state index contributed by atoms with van der Waals surface area (Å²) in [5, 5.41) is 13.8. The van der Waals surface area contributed by atoms with E-state index in [-0.39, 0.29) is 6.10 Å². The second kappa shape index (κ2) is 7.55. The van der Waals surface area contributed by atoms with Gasteiger partial charge < -0.3 is 15.3 Å². The quantitative estimate of drug-likeness (QED) is 0.856. The van der Waals surface area contributed by atoms with Crippen molar-refractivity contribution in [1.82, 2.24) is 15.1 Å². The topological polar surface area (TPSA) is 38.7 Å². The minimum absolute atomic E-state index is 0.175. The van der Waals surface area contributed by atoms with Gasteiger partial charge in [-0.25, -0.2) is 0 Å². The summed E-state index contributed by atoms with van der Waals surface area (Å²) in [6, 6.07) is 11.3. The van der Waals surface area contributed by atoms with Gasteiger partial charge >= 0.3 is 0 Å². The van der Waals surface area contributed by atoms with E-state index in [1.54, 1.807) is 0 Å². The Balaban J connectivity index is 1.47. The van der Waals surface area contributed by atoms with Crippen molar-refractivity contribution in [3.05, 3.63) is 35.9 Å². The fraction of sp³-hybridized carbons (Fsp3) is 0.667. The number of rotatable bonds is 5. The Labute approximate surface area is 134 Å². The number of β-amino-alcohol motifs (C(OH)–C–C–N with tert-alkyl or cyclic N) is 1. The van der Waals surface area contributed by atoms with Crippen LogP contribution in [0.2, 0.25) is 0 Å². The lowest BCUT2D eigenvalue weighted by molar-refractivity contribution is 0.101. The third-order valence-electron chi connectivity index (χ3n) is 5.22. The predicted octanol–water partition coefficient (Wildman–Crippen LogP) is 1.16. The number of nitrogens with zero attached hydrogens (tertiary/aromatic N) is 2. The van der Waals surface area contributed by atoms with Gasteiger partial charge in [-0.15, -0.1) is 0 Å². The highest BCUT2D eigenvalue weighted by molar-refractivity contribution is 5.14. The van der Waals surface area contributed by atoms with Crippen LogP contribution < -0.4 is 5.32 Å². The molecule has 4 nitrogen and oxygen atoms in total. The van der Waals surface area contributed by atoms with Gasteiger partial charge in [0.25, 0.3) is 0 Å². The van der Waals surface area contributed by atoms with E-state index in [9.17, 15) is 5.11 Å². The van der Waals surface area contributed by atoms with E-state index in [1.165, 1.54) is 18.4 Å². The van der Waals surface area contributed by atoms with Crippen molar-refractivity contribution < 1.29 is 5.11 Å². The Bertz CT molecular complexity index is 445. The van der Waals surface area contributed by atoms with E-state index < -0.39 is 0 Å². The van der Waals surface area contributed by atoms with Crippen molar-refractivity contribution >= 4 is 0 Å². The average Bonchev–Trinajstić information content (AvgIpc) is 2.88. The zero-order valence-corrected chi connectivity index (χ0v) is 13.6. The third kappa shape index (κ3) is 4.07. The van der Waals surface area contributed by atoms with Gasteiger partial charge in [0.05, 0.1) is 6.10 Å². The van der Waals surface area contributed by atoms with Crippen molar-refractivity contribution in [3.8, 4) is 0 Å². The summed E-state index contributed by atoms with van der Waals surface area (Å²) < 4.78 is 0. The molecular formula is C18H29N3O. The molecule has 2 fully saturated rings. The summed E-state index contributed by atoms with van der Waals surface area (Å²) in [5.74, 6) is 0.398. The van der Waals surface area contributed by atoms with Gasteiger partial charge in [0.15, 0.2) is 0 Å². The average molecular weight is 303 g/mol. The molecule has 2 heterocycles. The molecule has 1 aromatic rings. The molecule has 0 bridgehead atoms. The lowest BCUT2D eigenvalue weighted by Gasteiger charge is -2.33. The molecular weight excluding hydrogens is 274 g/mol. The first-order valence-corrected chi connectivity index (χ1v) is 8.58. The molecule has 4 heteroatoms. The lowest BCUT2D eigenvalue weighted by Crippen LogP contribution is -2.44. The number of aliphatic hydroxyl groups is 1. The van der Waals surface area contributed by atoms with Gasteiger partial charge in [-0.2, -0.15) is 0 Å². The molecule has 3 rings (SSSR count). The molecule has 0 radical (unpaired) electrons. The van der Waals surface area contributed by atoms with E-state index in [2.05, 4.69) is 52.5 Å². The Kier molecular flexibility index (Phi) is 5.47. The van der Waals surface area contributed by atoms with Crippen LogP contribution in [0.25, 0.3) is 0 Å². The largest absolute Gasteiger partial charge is 0.391 e. The molecule has 2 aliphatic rings. The van der Waals surface area contributed by atoms with Gasteiger partial charge in [-0.1, -0.05) is 30.3 Å². The van der Waals surface area contributed by atoms with Crippen LogP contribution in [0.5, 0.6) is 0 Å². The number of nitrogens with one attached hydrogen (secondary N) is 1. The normalized spacial score (nSPS) is 28.3.